The van der Waals surface area contributed by atoms with Crippen LogP contribution in [-0.4, -0.2) is 5.91 Å². The lowest BCUT2D eigenvalue weighted by Gasteiger charge is -2.14. The zero-order valence-corrected chi connectivity index (χ0v) is 13.3. The normalized spacial score (nSPS) is 12.8. The van der Waals surface area contributed by atoms with Crippen LogP contribution in [0.5, 0.6) is 0 Å². The molecule has 0 aliphatic carbocycles. The number of carbonyl (C=O) groups is 1. The van der Waals surface area contributed by atoms with E-state index in [4.69, 9.17) is 11.6 Å². The second kappa shape index (κ2) is 6.71. The van der Waals surface area contributed by atoms with Gasteiger partial charge in [-0.25, -0.2) is 0 Å². The first-order valence-electron chi connectivity index (χ1n) is 6.15. The van der Waals surface area contributed by atoms with Crippen molar-refractivity contribution in [3.05, 3.63) is 64.7 Å². The van der Waals surface area contributed by atoms with Crippen molar-refractivity contribution in [1.29, 1.82) is 0 Å². The van der Waals surface area contributed by atoms with Gasteiger partial charge in [0, 0.05) is 0 Å². The first-order chi connectivity index (χ1) is 10.3. The van der Waals surface area contributed by atoms with Gasteiger partial charge in [-0.1, -0.05) is 57.9 Å². The standard InChI is InChI=1S/C15H10BrClF3NO/c16-13(9-4-2-1-3-5-9)14(22)21-12-8-10(15(18,19)20)6-7-11(12)17/h1-8,13H,(H,21,22)/t13-/m1/s1. The minimum absolute atomic E-state index is 0.0362. The fraction of sp³-hybridized carbons (Fsp3) is 0.133. The molecule has 2 aromatic carbocycles. The van der Waals surface area contributed by atoms with Crippen LogP contribution in [0.3, 0.4) is 0 Å². The van der Waals surface area contributed by atoms with Crippen LogP contribution in [0.15, 0.2) is 48.5 Å². The summed E-state index contributed by atoms with van der Waals surface area (Å²) >= 11 is 9.06. The Morgan fingerprint density at radius 2 is 1.77 bits per heavy atom. The summed E-state index contributed by atoms with van der Waals surface area (Å²) in [5.41, 5.74) is -0.275. The molecule has 0 radical (unpaired) electrons. The Morgan fingerprint density at radius 3 is 2.36 bits per heavy atom. The number of benzene rings is 2. The predicted octanol–water partition coefficient (Wildman–Crippen LogP) is 5.43. The minimum atomic E-state index is -4.50. The van der Waals surface area contributed by atoms with Gasteiger partial charge in [0.2, 0.25) is 5.91 Å². The van der Waals surface area contributed by atoms with Gasteiger partial charge in [0.05, 0.1) is 16.3 Å². The molecular formula is C15H10BrClF3NO. The zero-order valence-electron chi connectivity index (χ0n) is 11.0. The van der Waals surface area contributed by atoms with Crippen molar-refractivity contribution in [3.63, 3.8) is 0 Å². The number of amides is 1. The second-order valence-electron chi connectivity index (χ2n) is 4.45. The first kappa shape index (κ1) is 16.8. The number of carbonyl (C=O) groups excluding carboxylic acids is 1. The lowest BCUT2D eigenvalue weighted by Crippen LogP contribution is -2.18. The molecule has 2 aromatic rings. The van der Waals surface area contributed by atoms with E-state index in [-0.39, 0.29) is 10.7 Å². The van der Waals surface area contributed by atoms with Crippen molar-refractivity contribution in [3.8, 4) is 0 Å². The van der Waals surface area contributed by atoms with E-state index in [0.717, 1.165) is 18.2 Å². The predicted molar refractivity (Wildman–Crippen MR) is 83.2 cm³/mol. The van der Waals surface area contributed by atoms with Crippen molar-refractivity contribution in [2.45, 2.75) is 11.0 Å². The molecule has 1 atom stereocenters. The fourth-order valence-corrected chi connectivity index (χ4v) is 2.35. The van der Waals surface area contributed by atoms with E-state index < -0.39 is 22.5 Å². The number of alkyl halides is 4. The van der Waals surface area contributed by atoms with Gasteiger partial charge in [-0.15, -0.1) is 0 Å². The average Bonchev–Trinajstić information content (AvgIpc) is 2.48. The Labute approximate surface area is 138 Å². The smallest absolute Gasteiger partial charge is 0.323 e. The fourth-order valence-electron chi connectivity index (χ4n) is 1.77. The van der Waals surface area contributed by atoms with Gasteiger partial charge in [0.1, 0.15) is 4.83 Å². The molecule has 1 amide bonds. The molecule has 2 nitrogen and oxygen atoms in total. The summed E-state index contributed by atoms with van der Waals surface area (Å²) in [6.45, 7) is 0. The Morgan fingerprint density at radius 1 is 1.14 bits per heavy atom. The summed E-state index contributed by atoms with van der Waals surface area (Å²) in [6.07, 6.45) is -4.50. The van der Waals surface area contributed by atoms with Crippen LogP contribution in [0, 0.1) is 0 Å². The monoisotopic (exact) mass is 391 g/mol. The van der Waals surface area contributed by atoms with Gasteiger partial charge in [-0.2, -0.15) is 13.2 Å². The van der Waals surface area contributed by atoms with E-state index in [1.54, 1.807) is 30.3 Å². The molecule has 0 bridgehead atoms. The maximum absolute atomic E-state index is 12.7. The Hall–Kier alpha value is -1.53. The highest BCUT2D eigenvalue weighted by Gasteiger charge is 2.31. The second-order valence-corrected chi connectivity index (χ2v) is 5.78. The van der Waals surface area contributed by atoms with Crippen molar-refractivity contribution < 1.29 is 18.0 Å². The van der Waals surface area contributed by atoms with Gasteiger partial charge < -0.3 is 5.32 Å². The van der Waals surface area contributed by atoms with Gasteiger partial charge in [0.15, 0.2) is 0 Å². The highest BCUT2D eigenvalue weighted by atomic mass is 79.9. The maximum Gasteiger partial charge on any atom is 0.416 e. The topological polar surface area (TPSA) is 29.1 Å². The summed E-state index contributed by atoms with van der Waals surface area (Å²) in [6, 6.07) is 11.5. The summed E-state index contributed by atoms with van der Waals surface area (Å²) in [5.74, 6) is -0.507. The molecule has 1 N–H and O–H groups in total. The lowest BCUT2D eigenvalue weighted by molar-refractivity contribution is -0.137. The maximum atomic E-state index is 12.7. The largest absolute Gasteiger partial charge is 0.416 e. The SMILES string of the molecule is O=C(Nc1cc(C(F)(F)F)ccc1Cl)[C@H](Br)c1ccccc1. The number of hydrogen-bond acceptors (Lipinski definition) is 1. The van der Waals surface area contributed by atoms with E-state index >= 15 is 0 Å². The van der Waals surface area contributed by atoms with Crippen LogP contribution in [0.1, 0.15) is 16.0 Å². The molecule has 0 saturated heterocycles. The van der Waals surface area contributed by atoms with E-state index in [9.17, 15) is 18.0 Å². The molecule has 0 aliphatic rings. The molecule has 0 fully saturated rings. The molecule has 7 heteroatoms. The molecule has 0 aromatic heterocycles. The summed E-state index contributed by atoms with van der Waals surface area (Å²) in [5, 5.41) is 2.44. The Balaban J connectivity index is 2.21. The quantitative estimate of drug-likeness (QED) is 0.693. The van der Waals surface area contributed by atoms with Crippen LogP contribution in [-0.2, 0) is 11.0 Å². The van der Waals surface area contributed by atoms with Gasteiger partial charge in [0.25, 0.3) is 0 Å². The molecule has 0 spiro atoms. The molecule has 22 heavy (non-hydrogen) atoms. The van der Waals surface area contributed by atoms with Crippen LogP contribution >= 0.6 is 27.5 Å². The number of hydrogen-bond donors (Lipinski definition) is 1. The summed E-state index contributed by atoms with van der Waals surface area (Å²) in [7, 11) is 0. The van der Waals surface area contributed by atoms with Crippen LogP contribution in [0.25, 0.3) is 0 Å². The molecule has 0 saturated carbocycles. The number of nitrogens with one attached hydrogen (secondary N) is 1. The van der Waals surface area contributed by atoms with Crippen LogP contribution in [0.4, 0.5) is 18.9 Å². The zero-order chi connectivity index (χ0) is 16.3. The highest BCUT2D eigenvalue weighted by Crippen LogP contribution is 2.34. The molecule has 0 heterocycles. The lowest BCUT2D eigenvalue weighted by atomic mass is 10.1. The van der Waals surface area contributed by atoms with Crippen LogP contribution in [0.2, 0.25) is 5.02 Å². The third-order valence-corrected chi connectivity index (χ3v) is 4.15. The molecular weight excluding hydrogens is 383 g/mol. The van der Waals surface area contributed by atoms with E-state index in [1.807, 2.05) is 0 Å². The van der Waals surface area contributed by atoms with Crippen molar-refractivity contribution >= 4 is 39.1 Å². The van der Waals surface area contributed by atoms with Gasteiger partial charge >= 0.3 is 6.18 Å². The average molecular weight is 393 g/mol. The van der Waals surface area contributed by atoms with Crippen molar-refractivity contribution in [2.75, 3.05) is 5.32 Å². The van der Waals surface area contributed by atoms with Gasteiger partial charge in [-0.3, -0.25) is 4.79 Å². The van der Waals surface area contributed by atoms with E-state index in [2.05, 4.69) is 21.2 Å². The van der Waals surface area contributed by atoms with Crippen molar-refractivity contribution in [2.24, 2.45) is 0 Å². The molecule has 0 unspecified atom stereocenters. The number of anilines is 1. The van der Waals surface area contributed by atoms with Gasteiger partial charge in [-0.05, 0) is 23.8 Å². The molecule has 0 aliphatic heterocycles. The third kappa shape index (κ3) is 4.01. The molecule has 116 valence electrons. The number of rotatable bonds is 3. The highest BCUT2D eigenvalue weighted by molar-refractivity contribution is 9.09. The van der Waals surface area contributed by atoms with E-state index in [1.165, 1.54) is 0 Å². The summed E-state index contributed by atoms with van der Waals surface area (Å²) < 4.78 is 38.1. The van der Waals surface area contributed by atoms with Crippen LogP contribution < -0.4 is 5.32 Å². The molecule has 2 rings (SSSR count). The minimum Gasteiger partial charge on any atom is -0.323 e. The van der Waals surface area contributed by atoms with Crippen molar-refractivity contribution in [1.82, 2.24) is 0 Å². The summed E-state index contributed by atoms with van der Waals surface area (Å²) in [4.78, 5) is 11.4. The van der Waals surface area contributed by atoms with E-state index in [0.29, 0.717) is 5.56 Å². The first-order valence-corrected chi connectivity index (χ1v) is 7.45. The number of halogens is 5. The third-order valence-electron chi connectivity index (χ3n) is 2.87. The Kier molecular flexibility index (Phi) is 5.13. The Bertz CT molecular complexity index is 676.